The van der Waals surface area contributed by atoms with Gasteiger partial charge in [0.2, 0.25) is 0 Å². The van der Waals surface area contributed by atoms with Gasteiger partial charge in [-0.25, -0.2) is 4.79 Å². The van der Waals surface area contributed by atoms with Gasteiger partial charge >= 0.3 is 5.97 Å². The molecule has 0 bridgehead atoms. The summed E-state index contributed by atoms with van der Waals surface area (Å²) in [6, 6.07) is 6.88. The van der Waals surface area contributed by atoms with Crippen LogP contribution in [0.1, 0.15) is 20.3 Å². The molecule has 0 spiro atoms. The summed E-state index contributed by atoms with van der Waals surface area (Å²) < 4.78 is 16.4. The lowest BCUT2D eigenvalue weighted by Gasteiger charge is -2.31. The standard InChI is InChI=1S/C19H19Cl2NO6/c1-12-10-19(2,11-13(22(24)25)17(12)18(23)26-3)28-15-7-5-4-6-14(15)27-9-8-16(20)21/h4-8,11H,9-10H2,1-3H3. The molecule has 150 valence electrons. The average Bonchev–Trinajstić information content (AvgIpc) is 2.61. The first-order chi connectivity index (χ1) is 13.2. The van der Waals surface area contributed by atoms with Crippen LogP contribution in [-0.4, -0.2) is 30.2 Å². The maximum atomic E-state index is 12.0. The van der Waals surface area contributed by atoms with Gasteiger partial charge < -0.3 is 14.2 Å². The fourth-order valence-corrected chi connectivity index (χ4v) is 3.06. The van der Waals surface area contributed by atoms with Crippen molar-refractivity contribution in [1.82, 2.24) is 0 Å². The van der Waals surface area contributed by atoms with E-state index < -0.39 is 16.5 Å². The number of ether oxygens (including phenoxy) is 3. The van der Waals surface area contributed by atoms with Crippen molar-refractivity contribution in [2.75, 3.05) is 13.7 Å². The quantitative estimate of drug-likeness (QED) is 0.359. The Kier molecular flexibility index (Phi) is 7.10. The van der Waals surface area contributed by atoms with Crippen LogP contribution in [0.4, 0.5) is 0 Å². The molecular formula is C19H19Cl2NO6. The summed E-state index contributed by atoms with van der Waals surface area (Å²) in [7, 11) is 1.18. The second-order valence-electron chi connectivity index (χ2n) is 6.28. The summed E-state index contributed by atoms with van der Waals surface area (Å²) in [4.78, 5) is 22.9. The Labute approximate surface area is 172 Å². The van der Waals surface area contributed by atoms with Crippen LogP contribution >= 0.6 is 23.2 Å². The van der Waals surface area contributed by atoms with Gasteiger partial charge in [0.15, 0.2) is 11.5 Å². The molecule has 0 fully saturated rings. The number of benzene rings is 1. The van der Waals surface area contributed by atoms with Gasteiger partial charge in [0, 0.05) is 12.5 Å². The van der Waals surface area contributed by atoms with Crippen LogP contribution in [-0.2, 0) is 9.53 Å². The zero-order chi connectivity index (χ0) is 20.9. The molecule has 1 aromatic rings. The third-order valence-electron chi connectivity index (χ3n) is 4.00. The summed E-state index contributed by atoms with van der Waals surface area (Å²) in [6.45, 7) is 3.46. The van der Waals surface area contributed by atoms with Gasteiger partial charge in [-0.3, -0.25) is 10.1 Å². The predicted molar refractivity (Wildman–Crippen MR) is 105 cm³/mol. The molecule has 0 aromatic heterocycles. The molecule has 1 aromatic carbocycles. The van der Waals surface area contributed by atoms with Crippen LogP contribution in [0.5, 0.6) is 11.5 Å². The van der Waals surface area contributed by atoms with Gasteiger partial charge in [-0.15, -0.1) is 0 Å². The molecule has 1 aliphatic rings. The fraction of sp³-hybridized carbons (Fsp3) is 0.316. The minimum Gasteiger partial charge on any atom is -0.486 e. The fourth-order valence-electron chi connectivity index (χ4n) is 2.94. The van der Waals surface area contributed by atoms with Crippen molar-refractivity contribution in [3.8, 4) is 11.5 Å². The first-order valence-electron chi connectivity index (χ1n) is 8.24. The number of para-hydroxylation sites is 2. The topological polar surface area (TPSA) is 87.9 Å². The Balaban J connectivity index is 2.34. The van der Waals surface area contributed by atoms with E-state index in [1.54, 1.807) is 38.1 Å². The zero-order valence-corrected chi connectivity index (χ0v) is 17.0. The Morgan fingerprint density at radius 3 is 2.54 bits per heavy atom. The van der Waals surface area contributed by atoms with Crippen LogP contribution < -0.4 is 9.47 Å². The van der Waals surface area contributed by atoms with Crippen molar-refractivity contribution in [2.24, 2.45) is 0 Å². The summed E-state index contributed by atoms with van der Waals surface area (Å²) in [5.41, 5.74) is -0.976. The lowest BCUT2D eigenvalue weighted by atomic mass is 9.86. The number of hydrogen-bond acceptors (Lipinski definition) is 6. The second kappa shape index (κ2) is 9.12. The molecule has 0 radical (unpaired) electrons. The number of esters is 1. The Morgan fingerprint density at radius 1 is 1.32 bits per heavy atom. The van der Waals surface area contributed by atoms with Crippen LogP contribution in [0, 0.1) is 10.1 Å². The Bertz CT molecular complexity index is 873. The molecule has 0 N–H and O–H groups in total. The summed E-state index contributed by atoms with van der Waals surface area (Å²) in [6.07, 6.45) is 3.05. The maximum Gasteiger partial charge on any atom is 0.344 e. The Hall–Kier alpha value is -2.51. The van der Waals surface area contributed by atoms with Gasteiger partial charge in [0.1, 0.15) is 22.3 Å². The molecule has 0 heterocycles. The molecule has 9 heteroatoms. The van der Waals surface area contributed by atoms with Crippen LogP contribution in [0.25, 0.3) is 0 Å². The largest absolute Gasteiger partial charge is 0.486 e. The van der Waals surface area contributed by atoms with Gasteiger partial charge in [0.25, 0.3) is 5.70 Å². The molecule has 28 heavy (non-hydrogen) atoms. The number of rotatable bonds is 7. The van der Waals surface area contributed by atoms with E-state index in [0.717, 1.165) is 0 Å². The number of hydrogen-bond donors (Lipinski definition) is 0. The number of halogens is 2. The number of carbonyl (C=O) groups excluding carboxylic acids is 1. The summed E-state index contributed by atoms with van der Waals surface area (Å²) in [5, 5.41) is 11.5. The van der Waals surface area contributed by atoms with E-state index in [1.807, 2.05) is 0 Å². The third-order valence-corrected chi connectivity index (χ3v) is 4.30. The smallest absolute Gasteiger partial charge is 0.344 e. The van der Waals surface area contributed by atoms with Gasteiger partial charge in [0.05, 0.1) is 12.0 Å². The van der Waals surface area contributed by atoms with Gasteiger partial charge in [-0.2, -0.15) is 0 Å². The molecule has 1 unspecified atom stereocenters. The highest BCUT2D eigenvalue weighted by Crippen LogP contribution is 2.38. The monoisotopic (exact) mass is 427 g/mol. The minimum absolute atomic E-state index is 0.0556. The van der Waals surface area contributed by atoms with Gasteiger partial charge in [-0.05, 0) is 37.6 Å². The van der Waals surface area contributed by atoms with Gasteiger partial charge in [-0.1, -0.05) is 35.3 Å². The molecule has 7 nitrogen and oxygen atoms in total. The number of nitro groups is 1. The van der Waals surface area contributed by atoms with Crippen LogP contribution in [0.15, 0.2) is 57.8 Å². The second-order valence-corrected chi connectivity index (χ2v) is 7.28. The van der Waals surface area contributed by atoms with Crippen molar-refractivity contribution in [3.05, 3.63) is 67.9 Å². The first kappa shape index (κ1) is 21.8. The van der Waals surface area contributed by atoms with Crippen LogP contribution in [0.3, 0.4) is 0 Å². The SMILES string of the molecule is COC(=O)C1=C(C)CC(C)(Oc2ccccc2OCC=C(Cl)Cl)C=C1[N+](=O)[O-]. The Morgan fingerprint density at radius 2 is 1.96 bits per heavy atom. The lowest BCUT2D eigenvalue weighted by Crippen LogP contribution is -2.36. The van der Waals surface area contributed by atoms with E-state index in [-0.39, 0.29) is 28.8 Å². The normalized spacial score (nSPS) is 18.8. The van der Waals surface area contributed by atoms with Crippen molar-refractivity contribution >= 4 is 29.2 Å². The highest BCUT2D eigenvalue weighted by atomic mass is 35.5. The summed E-state index contributed by atoms with van der Waals surface area (Å²) >= 11 is 11.2. The molecule has 2 rings (SSSR count). The molecule has 0 aliphatic heterocycles. The number of methoxy groups -OCH3 is 1. The maximum absolute atomic E-state index is 12.0. The summed E-state index contributed by atoms with van der Waals surface area (Å²) in [5.74, 6) is 0.0549. The first-order valence-corrected chi connectivity index (χ1v) is 9.00. The number of nitrogens with zero attached hydrogens (tertiary/aromatic N) is 1. The predicted octanol–water partition coefficient (Wildman–Crippen LogP) is 4.58. The zero-order valence-electron chi connectivity index (χ0n) is 15.5. The van der Waals surface area contributed by atoms with Crippen molar-refractivity contribution in [1.29, 1.82) is 0 Å². The van der Waals surface area contributed by atoms with Crippen LogP contribution in [0.2, 0.25) is 0 Å². The van der Waals surface area contributed by atoms with E-state index in [9.17, 15) is 14.9 Å². The van der Waals surface area contributed by atoms with E-state index in [0.29, 0.717) is 17.1 Å². The van der Waals surface area contributed by atoms with E-state index in [2.05, 4.69) is 4.74 Å². The van der Waals surface area contributed by atoms with E-state index in [4.69, 9.17) is 32.7 Å². The molecule has 0 amide bonds. The minimum atomic E-state index is -1.07. The van der Waals surface area contributed by atoms with E-state index >= 15 is 0 Å². The molecule has 1 atom stereocenters. The van der Waals surface area contributed by atoms with E-state index in [1.165, 1.54) is 19.3 Å². The lowest BCUT2D eigenvalue weighted by molar-refractivity contribution is -0.421. The molecule has 0 saturated carbocycles. The molecule has 0 saturated heterocycles. The molecule has 1 aliphatic carbocycles. The number of carbonyl (C=O) groups is 1. The van der Waals surface area contributed by atoms with Crippen molar-refractivity contribution in [2.45, 2.75) is 25.9 Å². The highest BCUT2D eigenvalue weighted by molar-refractivity contribution is 6.55. The third kappa shape index (κ3) is 5.27. The molecular weight excluding hydrogens is 409 g/mol. The highest BCUT2D eigenvalue weighted by Gasteiger charge is 2.40. The van der Waals surface area contributed by atoms with Crippen molar-refractivity contribution < 1.29 is 23.9 Å². The average molecular weight is 428 g/mol. The van der Waals surface area contributed by atoms with Crippen molar-refractivity contribution in [3.63, 3.8) is 0 Å².